The zero-order valence-electron chi connectivity index (χ0n) is 13.9. The molecule has 24 heavy (non-hydrogen) atoms. The Morgan fingerprint density at radius 1 is 1.25 bits per heavy atom. The molecule has 1 heterocycles. The van der Waals surface area contributed by atoms with Crippen LogP contribution < -0.4 is 11.1 Å². The molecule has 1 saturated carbocycles. The van der Waals surface area contributed by atoms with Crippen molar-refractivity contribution in [2.75, 3.05) is 0 Å². The Labute approximate surface area is 149 Å². The molecule has 3 rings (SSSR count). The molecule has 1 unspecified atom stereocenters. The molecular weight excluding hydrogens is 324 g/mol. The predicted molar refractivity (Wildman–Crippen MR) is 97.4 cm³/mol. The van der Waals surface area contributed by atoms with E-state index in [1.54, 1.807) is 6.20 Å². The Bertz CT molecular complexity index is 665. The van der Waals surface area contributed by atoms with Crippen molar-refractivity contribution in [2.45, 2.75) is 50.6 Å². The molecule has 3 N–H and O–H groups in total. The fourth-order valence-electron chi connectivity index (χ4n) is 3.30. The number of hydrogen-bond acceptors (Lipinski definition) is 3. The van der Waals surface area contributed by atoms with Crippen LogP contribution in [0.25, 0.3) is 5.69 Å². The molecule has 0 aliphatic heterocycles. The third kappa shape index (κ3) is 3.79. The number of para-hydroxylation sites is 1. The summed E-state index contributed by atoms with van der Waals surface area (Å²) in [6.07, 6.45) is 8.42. The molecule has 6 heteroatoms. The van der Waals surface area contributed by atoms with Crippen molar-refractivity contribution in [1.82, 2.24) is 15.1 Å². The first-order chi connectivity index (χ1) is 11.1. The van der Waals surface area contributed by atoms with Gasteiger partial charge in [-0.2, -0.15) is 5.10 Å². The Hall–Kier alpha value is -1.85. The maximum absolute atomic E-state index is 12.6. The Morgan fingerprint density at radius 2 is 1.96 bits per heavy atom. The molecule has 0 radical (unpaired) electrons. The SMILES string of the molecule is CC(NC(=O)C1(N)CCCCC1)c1ccccc1-n1cccn1.Cl. The minimum atomic E-state index is -0.715. The van der Waals surface area contributed by atoms with Crippen LogP contribution in [0.4, 0.5) is 0 Å². The number of carbonyl (C=O) groups excluding carboxylic acids is 1. The molecule has 1 aromatic heterocycles. The molecule has 1 aliphatic carbocycles. The van der Waals surface area contributed by atoms with E-state index in [-0.39, 0.29) is 24.4 Å². The highest BCUT2D eigenvalue weighted by atomic mass is 35.5. The van der Waals surface area contributed by atoms with Gasteiger partial charge in [0.2, 0.25) is 5.91 Å². The number of amides is 1. The maximum Gasteiger partial charge on any atom is 0.240 e. The molecule has 1 atom stereocenters. The summed E-state index contributed by atoms with van der Waals surface area (Å²) >= 11 is 0. The van der Waals surface area contributed by atoms with Crippen LogP contribution in [0, 0.1) is 0 Å². The van der Waals surface area contributed by atoms with Gasteiger partial charge >= 0.3 is 0 Å². The van der Waals surface area contributed by atoms with Gasteiger partial charge < -0.3 is 11.1 Å². The van der Waals surface area contributed by atoms with E-state index in [0.717, 1.165) is 36.9 Å². The fourth-order valence-corrected chi connectivity index (χ4v) is 3.30. The smallest absolute Gasteiger partial charge is 0.240 e. The monoisotopic (exact) mass is 348 g/mol. The second-order valence-electron chi connectivity index (χ2n) is 6.42. The minimum absolute atomic E-state index is 0. The summed E-state index contributed by atoms with van der Waals surface area (Å²) < 4.78 is 1.82. The van der Waals surface area contributed by atoms with Gasteiger partial charge in [-0.15, -0.1) is 12.4 Å². The van der Waals surface area contributed by atoms with E-state index in [4.69, 9.17) is 5.73 Å². The van der Waals surface area contributed by atoms with E-state index >= 15 is 0 Å². The number of hydrogen-bond donors (Lipinski definition) is 2. The maximum atomic E-state index is 12.6. The highest BCUT2D eigenvalue weighted by Crippen LogP contribution is 2.28. The van der Waals surface area contributed by atoms with Crippen molar-refractivity contribution in [1.29, 1.82) is 0 Å². The number of benzene rings is 1. The minimum Gasteiger partial charge on any atom is -0.348 e. The van der Waals surface area contributed by atoms with Crippen LogP contribution in [0.3, 0.4) is 0 Å². The number of aromatic nitrogens is 2. The van der Waals surface area contributed by atoms with Gasteiger partial charge in [-0.05, 0) is 37.5 Å². The Morgan fingerprint density at radius 3 is 2.62 bits per heavy atom. The van der Waals surface area contributed by atoms with Crippen molar-refractivity contribution >= 4 is 18.3 Å². The zero-order valence-corrected chi connectivity index (χ0v) is 14.8. The van der Waals surface area contributed by atoms with Gasteiger partial charge in [0, 0.05) is 12.4 Å². The summed E-state index contributed by atoms with van der Waals surface area (Å²) in [5.74, 6) is -0.0417. The average molecular weight is 349 g/mol. The summed E-state index contributed by atoms with van der Waals surface area (Å²) in [6.45, 7) is 1.99. The molecule has 2 aromatic rings. The quantitative estimate of drug-likeness (QED) is 0.891. The summed E-state index contributed by atoms with van der Waals surface area (Å²) in [4.78, 5) is 12.6. The van der Waals surface area contributed by atoms with Crippen LogP contribution in [0.5, 0.6) is 0 Å². The summed E-state index contributed by atoms with van der Waals surface area (Å²) in [7, 11) is 0. The number of halogens is 1. The van der Waals surface area contributed by atoms with Crippen LogP contribution in [-0.4, -0.2) is 21.2 Å². The Balaban J connectivity index is 0.00000208. The van der Waals surface area contributed by atoms with Crippen LogP contribution in [0.1, 0.15) is 50.6 Å². The van der Waals surface area contributed by atoms with E-state index in [9.17, 15) is 4.79 Å². The van der Waals surface area contributed by atoms with Crippen LogP contribution in [-0.2, 0) is 4.79 Å². The Kier molecular flexibility index (Phi) is 6.02. The second kappa shape index (κ2) is 7.81. The van der Waals surface area contributed by atoms with Crippen molar-refractivity contribution in [3.05, 3.63) is 48.3 Å². The lowest BCUT2D eigenvalue weighted by molar-refractivity contribution is -0.128. The number of nitrogens with zero attached hydrogens (tertiary/aromatic N) is 2. The molecule has 0 bridgehead atoms. The summed E-state index contributed by atoms with van der Waals surface area (Å²) in [5, 5.41) is 7.40. The standard InChI is InChI=1S/C18H24N4O.ClH/c1-14(21-17(23)18(19)10-5-2-6-11-18)15-8-3-4-9-16(15)22-13-7-12-20-22;/h3-4,7-9,12-14H,2,5-6,10-11,19H2,1H3,(H,21,23);1H. The lowest BCUT2D eigenvalue weighted by atomic mass is 9.81. The van der Waals surface area contributed by atoms with Gasteiger partial charge in [0.25, 0.3) is 0 Å². The third-order valence-electron chi connectivity index (χ3n) is 4.70. The lowest BCUT2D eigenvalue weighted by Gasteiger charge is -2.33. The average Bonchev–Trinajstić information content (AvgIpc) is 3.10. The van der Waals surface area contributed by atoms with E-state index in [0.29, 0.717) is 0 Å². The predicted octanol–water partition coefficient (Wildman–Crippen LogP) is 3.13. The molecule has 0 spiro atoms. The number of nitrogens with two attached hydrogens (primary N) is 1. The third-order valence-corrected chi connectivity index (χ3v) is 4.70. The van der Waals surface area contributed by atoms with Crippen molar-refractivity contribution in [3.63, 3.8) is 0 Å². The summed E-state index contributed by atoms with van der Waals surface area (Å²) in [6, 6.07) is 9.74. The van der Waals surface area contributed by atoms with E-state index in [1.165, 1.54) is 6.42 Å². The van der Waals surface area contributed by atoms with Crippen molar-refractivity contribution in [3.8, 4) is 5.69 Å². The van der Waals surface area contributed by atoms with Gasteiger partial charge in [0.15, 0.2) is 0 Å². The first-order valence-electron chi connectivity index (χ1n) is 8.29. The van der Waals surface area contributed by atoms with Gasteiger partial charge in [-0.1, -0.05) is 37.5 Å². The molecule has 5 nitrogen and oxygen atoms in total. The first-order valence-corrected chi connectivity index (χ1v) is 8.29. The van der Waals surface area contributed by atoms with E-state index < -0.39 is 5.54 Å². The van der Waals surface area contributed by atoms with Crippen LogP contribution in [0.2, 0.25) is 0 Å². The first kappa shape index (κ1) is 18.5. The normalized spacial score (nSPS) is 17.6. The van der Waals surface area contributed by atoms with Crippen LogP contribution >= 0.6 is 12.4 Å². The molecule has 1 fully saturated rings. The molecular formula is C18H25ClN4O. The van der Waals surface area contributed by atoms with Gasteiger partial charge in [0.05, 0.1) is 17.3 Å². The molecule has 1 aliphatic rings. The highest BCUT2D eigenvalue weighted by Gasteiger charge is 2.36. The zero-order chi connectivity index (χ0) is 16.3. The molecule has 1 amide bonds. The number of carbonyl (C=O) groups is 1. The van der Waals surface area contributed by atoms with Crippen molar-refractivity contribution < 1.29 is 4.79 Å². The lowest BCUT2D eigenvalue weighted by Crippen LogP contribution is -2.55. The molecule has 1 aromatic carbocycles. The largest absolute Gasteiger partial charge is 0.348 e. The van der Waals surface area contributed by atoms with E-state index in [2.05, 4.69) is 10.4 Å². The topological polar surface area (TPSA) is 72.9 Å². The van der Waals surface area contributed by atoms with Gasteiger partial charge in [0.1, 0.15) is 0 Å². The van der Waals surface area contributed by atoms with Crippen LogP contribution in [0.15, 0.2) is 42.7 Å². The van der Waals surface area contributed by atoms with E-state index in [1.807, 2.05) is 48.1 Å². The fraction of sp³-hybridized carbons (Fsp3) is 0.444. The molecule has 130 valence electrons. The molecule has 0 saturated heterocycles. The highest BCUT2D eigenvalue weighted by molar-refractivity contribution is 5.86. The number of rotatable bonds is 4. The number of nitrogens with one attached hydrogen (secondary N) is 1. The second-order valence-corrected chi connectivity index (χ2v) is 6.42. The van der Waals surface area contributed by atoms with Gasteiger partial charge in [-0.3, -0.25) is 4.79 Å². The summed E-state index contributed by atoms with van der Waals surface area (Å²) in [5.41, 5.74) is 7.62. The van der Waals surface area contributed by atoms with Gasteiger partial charge in [-0.25, -0.2) is 4.68 Å². The van der Waals surface area contributed by atoms with Crippen molar-refractivity contribution in [2.24, 2.45) is 5.73 Å².